The lowest BCUT2D eigenvalue weighted by Crippen LogP contribution is -2.17. The van der Waals surface area contributed by atoms with Gasteiger partial charge in [-0.1, -0.05) is 36.6 Å². The summed E-state index contributed by atoms with van der Waals surface area (Å²) in [5, 5.41) is 5.70. The Kier molecular flexibility index (Phi) is 3.23. The molecule has 0 bridgehead atoms. The average molecular weight is 332 g/mol. The highest BCUT2D eigenvalue weighted by Gasteiger charge is 2.37. The molecule has 2 aliphatic rings. The highest BCUT2D eigenvalue weighted by molar-refractivity contribution is 5.98. The van der Waals surface area contributed by atoms with Crippen LogP contribution in [0.1, 0.15) is 60.0 Å². The maximum atomic E-state index is 13.0. The minimum Gasteiger partial charge on any atom is -0.298 e. The van der Waals surface area contributed by atoms with Crippen molar-refractivity contribution in [2.75, 3.05) is 0 Å². The van der Waals surface area contributed by atoms with E-state index in [1.54, 1.807) is 0 Å². The number of hydrogen-bond acceptors (Lipinski definition) is 4. The Hall–Kier alpha value is -2.56. The Balaban J connectivity index is 1.76. The summed E-state index contributed by atoms with van der Waals surface area (Å²) in [4.78, 5) is 21.5. The van der Waals surface area contributed by atoms with Gasteiger partial charge in [0, 0.05) is 12.6 Å². The van der Waals surface area contributed by atoms with Gasteiger partial charge >= 0.3 is 0 Å². The molecular formula is C20H20N4O. The summed E-state index contributed by atoms with van der Waals surface area (Å²) in [6, 6.07) is 6.71. The monoisotopic (exact) mass is 332 g/mol. The molecule has 0 saturated heterocycles. The van der Waals surface area contributed by atoms with Crippen molar-refractivity contribution in [2.24, 2.45) is 0 Å². The van der Waals surface area contributed by atoms with Gasteiger partial charge in [-0.3, -0.25) is 9.48 Å². The molecule has 0 spiro atoms. The minimum absolute atomic E-state index is 0.244. The molecule has 2 aromatic heterocycles. The number of rotatable bonds is 2. The molecule has 1 atom stereocenters. The van der Waals surface area contributed by atoms with Crippen LogP contribution in [0.5, 0.6) is 0 Å². The van der Waals surface area contributed by atoms with Gasteiger partial charge in [-0.05, 0) is 30.9 Å². The van der Waals surface area contributed by atoms with Crippen LogP contribution in [0.15, 0.2) is 30.7 Å². The van der Waals surface area contributed by atoms with Crippen LogP contribution in [0, 0.1) is 6.92 Å². The van der Waals surface area contributed by atoms with Crippen LogP contribution < -0.4 is 0 Å². The maximum Gasteiger partial charge on any atom is 0.184 e. The van der Waals surface area contributed by atoms with E-state index in [4.69, 9.17) is 5.10 Å². The van der Waals surface area contributed by atoms with E-state index in [2.05, 4.69) is 39.8 Å². The number of carbonyl (C=O) groups excluding carboxylic acids is 1. The summed E-state index contributed by atoms with van der Waals surface area (Å²) >= 11 is 0. The number of hydrogen-bond donors (Lipinski definition) is 0. The van der Waals surface area contributed by atoms with E-state index >= 15 is 0 Å². The van der Waals surface area contributed by atoms with Gasteiger partial charge in [0.1, 0.15) is 6.33 Å². The number of ketones is 1. The molecule has 0 N–H and O–H groups in total. The van der Waals surface area contributed by atoms with E-state index < -0.39 is 0 Å². The van der Waals surface area contributed by atoms with Gasteiger partial charge in [-0.25, -0.2) is 9.97 Å². The fourth-order valence-electron chi connectivity index (χ4n) is 4.48. The second kappa shape index (κ2) is 5.48. The number of Topliss-reactive ketones (excluding diaryl/α,β-unsaturated/α-hetero) is 1. The van der Waals surface area contributed by atoms with Crippen LogP contribution in [-0.4, -0.2) is 25.5 Å². The third-order valence-electron chi connectivity index (χ3n) is 5.66. The van der Waals surface area contributed by atoms with Crippen LogP contribution in [0.3, 0.4) is 0 Å². The van der Waals surface area contributed by atoms with E-state index in [0.717, 1.165) is 35.0 Å². The summed E-state index contributed by atoms with van der Waals surface area (Å²) < 4.78 is 2.10. The average Bonchev–Trinajstić information content (AvgIpc) is 3.31. The predicted molar refractivity (Wildman–Crippen MR) is 94.6 cm³/mol. The lowest BCUT2D eigenvalue weighted by molar-refractivity contribution is -0.118. The Labute approximate surface area is 146 Å². The molecule has 5 heteroatoms. The highest BCUT2D eigenvalue weighted by Crippen LogP contribution is 2.41. The zero-order valence-corrected chi connectivity index (χ0v) is 14.3. The number of benzene rings is 1. The van der Waals surface area contributed by atoms with Gasteiger partial charge in [-0.2, -0.15) is 5.10 Å². The lowest BCUT2D eigenvalue weighted by atomic mass is 9.93. The lowest BCUT2D eigenvalue weighted by Gasteiger charge is -2.18. The molecule has 1 aromatic carbocycles. The Morgan fingerprint density at radius 3 is 2.88 bits per heavy atom. The molecule has 5 nitrogen and oxygen atoms in total. The largest absolute Gasteiger partial charge is 0.298 e. The minimum atomic E-state index is -0.244. The molecule has 0 amide bonds. The Morgan fingerprint density at radius 2 is 2.04 bits per heavy atom. The van der Waals surface area contributed by atoms with Crippen molar-refractivity contribution in [1.82, 2.24) is 19.7 Å². The van der Waals surface area contributed by atoms with Crippen LogP contribution in [0.2, 0.25) is 0 Å². The number of carbonyl (C=O) groups is 1. The molecule has 2 aliphatic carbocycles. The molecular weight excluding hydrogens is 312 g/mol. The van der Waals surface area contributed by atoms with E-state index in [9.17, 15) is 4.79 Å². The molecule has 5 rings (SSSR count). The molecule has 25 heavy (non-hydrogen) atoms. The van der Waals surface area contributed by atoms with E-state index in [0.29, 0.717) is 18.1 Å². The Morgan fingerprint density at radius 1 is 1.20 bits per heavy atom. The van der Waals surface area contributed by atoms with Crippen molar-refractivity contribution < 1.29 is 4.79 Å². The molecule has 0 aliphatic heterocycles. The highest BCUT2D eigenvalue weighted by atomic mass is 16.1. The third-order valence-corrected chi connectivity index (χ3v) is 5.66. The van der Waals surface area contributed by atoms with Gasteiger partial charge in [0.25, 0.3) is 0 Å². The molecule has 0 radical (unpaired) electrons. The predicted octanol–water partition coefficient (Wildman–Crippen LogP) is 3.51. The smallest absolute Gasteiger partial charge is 0.184 e. The molecule has 2 heterocycles. The SMILES string of the molecule is Cc1ccc2c(c1)C(c1c3cncnc3nn1C1CCCC1)C(=O)C2. The zero-order chi connectivity index (χ0) is 17.0. The molecule has 1 saturated carbocycles. The van der Waals surface area contributed by atoms with E-state index in [1.807, 2.05) is 6.20 Å². The molecule has 1 fully saturated rings. The first-order chi connectivity index (χ1) is 12.2. The van der Waals surface area contributed by atoms with Crippen LogP contribution in [-0.2, 0) is 11.2 Å². The van der Waals surface area contributed by atoms with Crippen molar-refractivity contribution in [3.63, 3.8) is 0 Å². The summed E-state index contributed by atoms with van der Waals surface area (Å²) in [5.74, 6) is 0.0111. The first-order valence-electron chi connectivity index (χ1n) is 9.02. The second-order valence-corrected chi connectivity index (χ2v) is 7.31. The second-order valence-electron chi connectivity index (χ2n) is 7.31. The number of nitrogens with zero attached hydrogens (tertiary/aromatic N) is 4. The van der Waals surface area contributed by atoms with Crippen LogP contribution >= 0.6 is 0 Å². The topological polar surface area (TPSA) is 60.7 Å². The first kappa shape index (κ1) is 14.8. The third kappa shape index (κ3) is 2.22. The zero-order valence-electron chi connectivity index (χ0n) is 14.3. The van der Waals surface area contributed by atoms with Crippen molar-refractivity contribution in [2.45, 2.75) is 51.0 Å². The summed E-state index contributed by atoms with van der Waals surface area (Å²) in [6.45, 7) is 2.08. The number of fused-ring (bicyclic) bond motifs is 2. The summed E-state index contributed by atoms with van der Waals surface area (Å²) in [5.41, 5.74) is 5.16. The normalized spacial score (nSPS) is 20.5. The molecule has 126 valence electrons. The van der Waals surface area contributed by atoms with Gasteiger partial charge in [-0.15, -0.1) is 0 Å². The van der Waals surface area contributed by atoms with Crippen molar-refractivity contribution >= 4 is 16.8 Å². The van der Waals surface area contributed by atoms with Crippen molar-refractivity contribution in [3.8, 4) is 0 Å². The van der Waals surface area contributed by atoms with Crippen LogP contribution in [0.4, 0.5) is 0 Å². The first-order valence-corrected chi connectivity index (χ1v) is 9.02. The summed E-state index contributed by atoms with van der Waals surface area (Å²) in [6.07, 6.45) is 8.54. The van der Waals surface area contributed by atoms with Gasteiger partial charge in [0.05, 0.1) is 23.0 Å². The van der Waals surface area contributed by atoms with Gasteiger partial charge in [0.15, 0.2) is 11.4 Å². The summed E-state index contributed by atoms with van der Waals surface area (Å²) in [7, 11) is 0. The molecule has 3 aromatic rings. The fraction of sp³-hybridized carbons (Fsp3) is 0.400. The number of aryl methyl sites for hydroxylation is 1. The van der Waals surface area contributed by atoms with E-state index in [-0.39, 0.29) is 11.7 Å². The van der Waals surface area contributed by atoms with Gasteiger partial charge < -0.3 is 0 Å². The Bertz CT molecular complexity index is 985. The van der Waals surface area contributed by atoms with E-state index in [1.165, 1.54) is 24.7 Å². The van der Waals surface area contributed by atoms with Crippen molar-refractivity contribution in [1.29, 1.82) is 0 Å². The van der Waals surface area contributed by atoms with Gasteiger partial charge in [0.2, 0.25) is 0 Å². The maximum absolute atomic E-state index is 13.0. The van der Waals surface area contributed by atoms with Crippen molar-refractivity contribution in [3.05, 3.63) is 53.1 Å². The number of aromatic nitrogens is 4. The quantitative estimate of drug-likeness (QED) is 0.720. The van der Waals surface area contributed by atoms with Crippen LogP contribution in [0.25, 0.3) is 11.0 Å². The standard InChI is InChI=1S/C20H20N4O/c1-12-6-7-13-9-17(25)18(15(13)8-12)19-16-10-21-11-22-20(16)23-24(19)14-4-2-3-5-14/h6-8,10-11,14,18H,2-5,9H2,1H3. The fourth-order valence-corrected chi connectivity index (χ4v) is 4.48. The molecule has 1 unspecified atom stereocenters.